The maximum Gasteiger partial charge on any atom is 0.309 e. The van der Waals surface area contributed by atoms with Crippen LogP contribution in [-0.4, -0.2) is 17.5 Å². The van der Waals surface area contributed by atoms with Crippen LogP contribution in [0.3, 0.4) is 0 Å². The van der Waals surface area contributed by atoms with Crippen LogP contribution < -0.4 is 0 Å². The summed E-state index contributed by atoms with van der Waals surface area (Å²) in [5.41, 5.74) is 0. The minimum atomic E-state index is -0.231. The maximum absolute atomic E-state index is 10.9. The molecule has 0 amide bonds. The highest BCUT2D eigenvalue weighted by molar-refractivity contribution is 6.20. The van der Waals surface area contributed by atoms with E-state index < -0.39 is 0 Å². The molecule has 3 heteroatoms. The van der Waals surface area contributed by atoms with Gasteiger partial charge in [-0.2, -0.15) is 0 Å². The average molecular weight is 190 g/mol. The number of carbonyl (C=O) groups is 1. The van der Waals surface area contributed by atoms with Gasteiger partial charge in [0.1, 0.15) is 6.10 Å². The van der Waals surface area contributed by atoms with Gasteiger partial charge >= 0.3 is 5.97 Å². The fourth-order valence-corrected chi connectivity index (χ4v) is 1.78. The summed E-state index contributed by atoms with van der Waals surface area (Å²) in [5.74, 6) is -0.231. The van der Waals surface area contributed by atoms with Gasteiger partial charge in [0.2, 0.25) is 0 Å². The molecule has 1 aliphatic carbocycles. The van der Waals surface area contributed by atoms with Crippen molar-refractivity contribution in [3.05, 3.63) is 6.42 Å². The van der Waals surface area contributed by atoms with Crippen molar-refractivity contribution in [3.8, 4) is 0 Å². The molecule has 0 aromatic heterocycles. The normalized spacial score (nSPS) is 29.8. The Morgan fingerprint density at radius 3 is 2.92 bits per heavy atom. The smallest absolute Gasteiger partial charge is 0.309 e. The quantitative estimate of drug-likeness (QED) is 0.492. The summed E-state index contributed by atoms with van der Waals surface area (Å²) in [7, 11) is 0. The van der Waals surface area contributed by atoms with E-state index in [9.17, 15) is 4.79 Å². The number of esters is 1. The lowest BCUT2D eigenvalue weighted by molar-refractivity contribution is -0.145. The number of rotatable bonds is 2. The van der Waals surface area contributed by atoms with Gasteiger partial charge in [0, 0.05) is 11.8 Å². The number of hydrogen-bond donors (Lipinski definition) is 0. The topological polar surface area (TPSA) is 26.3 Å². The maximum atomic E-state index is 10.9. The van der Waals surface area contributed by atoms with Gasteiger partial charge < -0.3 is 4.74 Å². The van der Waals surface area contributed by atoms with Gasteiger partial charge in [0.05, 0.1) is 6.42 Å². The fourth-order valence-electron chi connectivity index (χ4n) is 1.43. The molecule has 1 rings (SSSR count). The van der Waals surface area contributed by atoms with E-state index in [0.717, 1.165) is 25.7 Å². The Morgan fingerprint density at radius 1 is 1.58 bits per heavy atom. The van der Waals surface area contributed by atoms with Crippen molar-refractivity contribution < 1.29 is 9.53 Å². The molecule has 0 spiro atoms. The lowest BCUT2D eigenvalue weighted by Crippen LogP contribution is -2.25. The van der Waals surface area contributed by atoms with E-state index in [4.69, 9.17) is 16.3 Å². The highest BCUT2D eigenvalue weighted by atomic mass is 35.5. The zero-order valence-electron chi connectivity index (χ0n) is 7.25. The van der Waals surface area contributed by atoms with Crippen molar-refractivity contribution in [2.45, 2.75) is 44.1 Å². The van der Waals surface area contributed by atoms with Gasteiger partial charge in [-0.05, 0) is 19.3 Å². The number of ether oxygens (including phenoxy) is 1. The third kappa shape index (κ3) is 3.02. The van der Waals surface area contributed by atoms with E-state index in [1.807, 2.05) is 0 Å². The van der Waals surface area contributed by atoms with Crippen molar-refractivity contribution in [3.63, 3.8) is 0 Å². The molecule has 2 atom stereocenters. The molecule has 2 nitrogen and oxygen atoms in total. The third-order valence-corrected chi connectivity index (χ3v) is 2.48. The van der Waals surface area contributed by atoms with Gasteiger partial charge in [0.15, 0.2) is 0 Å². The SMILES string of the molecule is C[CH]C(=O)OC1CCCC(Cl)C1. The van der Waals surface area contributed by atoms with E-state index in [-0.39, 0.29) is 17.5 Å². The zero-order chi connectivity index (χ0) is 8.97. The van der Waals surface area contributed by atoms with Crippen LogP contribution in [0.25, 0.3) is 0 Å². The van der Waals surface area contributed by atoms with Gasteiger partial charge in [-0.1, -0.05) is 6.92 Å². The number of carbonyl (C=O) groups excluding carboxylic acids is 1. The second kappa shape index (κ2) is 4.70. The van der Waals surface area contributed by atoms with Crippen LogP contribution in [0.1, 0.15) is 32.6 Å². The third-order valence-electron chi connectivity index (χ3n) is 2.08. The van der Waals surface area contributed by atoms with Crippen LogP contribution in [0, 0.1) is 6.42 Å². The molecule has 0 aliphatic heterocycles. The number of alkyl halides is 1. The highest BCUT2D eigenvalue weighted by Gasteiger charge is 2.22. The first kappa shape index (κ1) is 9.85. The molecule has 0 N–H and O–H groups in total. The predicted molar refractivity (Wildman–Crippen MR) is 48.0 cm³/mol. The molecule has 1 radical (unpaired) electrons. The van der Waals surface area contributed by atoms with E-state index in [1.54, 1.807) is 6.92 Å². The molecule has 12 heavy (non-hydrogen) atoms. The summed E-state index contributed by atoms with van der Waals surface area (Å²) in [4.78, 5) is 10.9. The van der Waals surface area contributed by atoms with Crippen molar-refractivity contribution in [1.82, 2.24) is 0 Å². The molecular formula is C9H14ClO2. The molecule has 2 unspecified atom stereocenters. The van der Waals surface area contributed by atoms with Gasteiger partial charge in [0.25, 0.3) is 0 Å². The molecular weight excluding hydrogens is 176 g/mol. The first-order chi connectivity index (χ1) is 5.72. The highest BCUT2D eigenvalue weighted by Crippen LogP contribution is 2.25. The Balaban J connectivity index is 2.27. The predicted octanol–water partition coefficient (Wildman–Crippen LogP) is 2.30. The van der Waals surface area contributed by atoms with Gasteiger partial charge in [-0.15, -0.1) is 11.6 Å². The first-order valence-electron chi connectivity index (χ1n) is 4.36. The molecule has 0 aromatic rings. The molecule has 1 saturated carbocycles. The van der Waals surface area contributed by atoms with Gasteiger partial charge in [-0.3, -0.25) is 4.79 Å². The molecule has 0 bridgehead atoms. The van der Waals surface area contributed by atoms with Crippen LogP contribution in [0.2, 0.25) is 0 Å². The van der Waals surface area contributed by atoms with Crippen molar-refractivity contribution in [2.75, 3.05) is 0 Å². The van der Waals surface area contributed by atoms with Crippen molar-refractivity contribution in [2.24, 2.45) is 0 Å². The zero-order valence-corrected chi connectivity index (χ0v) is 8.01. The molecule has 69 valence electrons. The molecule has 0 heterocycles. The molecule has 0 aromatic carbocycles. The fraction of sp³-hybridized carbons (Fsp3) is 0.778. The van der Waals surface area contributed by atoms with Crippen molar-refractivity contribution in [1.29, 1.82) is 0 Å². The largest absolute Gasteiger partial charge is 0.462 e. The summed E-state index contributed by atoms with van der Waals surface area (Å²) in [6, 6.07) is 0. The number of hydrogen-bond acceptors (Lipinski definition) is 2. The summed E-state index contributed by atoms with van der Waals surface area (Å²) < 4.78 is 5.13. The van der Waals surface area contributed by atoms with Crippen LogP contribution in [0.4, 0.5) is 0 Å². The monoisotopic (exact) mass is 189 g/mol. The van der Waals surface area contributed by atoms with Crippen LogP contribution in [0.15, 0.2) is 0 Å². The standard InChI is InChI=1S/C9H14ClO2/c1-2-9(11)12-8-5-3-4-7(10)6-8/h2,7-8H,3-6H2,1H3. The van der Waals surface area contributed by atoms with Crippen molar-refractivity contribution >= 4 is 17.6 Å². The summed E-state index contributed by atoms with van der Waals surface area (Å²) in [6.07, 6.45) is 5.37. The lowest BCUT2D eigenvalue weighted by Gasteiger charge is -2.24. The summed E-state index contributed by atoms with van der Waals surface area (Å²) in [5, 5.41) is 0.188. The molecule has 1 fully saturated rings. The molecule has 0 saturated heterocycles. The second-order valence-electron chi connectivity index (χ2n) is 3.11. The van der Waals surface area contributed by atoms with Crippen LogP contribution in [-0.2, 0) is 9.53 Å². The lowest BCUT2D eigenvalue weighted by atomic mass is 9.97. The molecule has 1 aliphatic rings. The Hall–Kier alpha value is -0.240. The Morgan fingerprint density at radius 2 is 2.33 bits per heavy atom. The second-order valence-corrected chi connectivity index (χ2v) is 3.73. The number of halogens is 1. The van der Waals surface area contributed by atoms with E-state index in [1.165, 1.54) is 6.42 Å². The first-order valence-corrected chi connectivity index (χ1v) is 4.80. The minimum Gasteiger partial charge on any atom is -0.462 e. The van der Waals surface area contributed by atoms with E-state index >= 15 is 0 Å². The van der Waals surface area contributed by atoms with Crippen LogP contribution >= 0.6 is 11.6 Å². The van der Waals surface area contributed by atoms with Gasteiger partial charge in [-0.25, -0.2) is 0 Å². The minimum absolute atomic E-state index is 0.0462. The average Bonchev–Trinajstić information content (AvgIpc) is 2.04. The Bertz CT molecular complexity index is 159. The van der Waals surface area contributed by atoms with E-state index in [0.29, 0.717) is 0 Å². The Kier molecular flexibility index (Phi) is 3.86. The van der Waals surface area contributed by atoms with E-state index in [2.05, 4.69) is 0 Å². The Labute approximate surface area is 78.2 Å². The summed E-state index contributed by atoms with van der Waals surface area (Å²) >= 11 is 5.94. The summed E-state index contributed by atoms with van der Waals surface area (Å²) in [6.45, 7) is 1.68. The van der Waals surface area contributed by atoms with Crippen LogP contribution in [0.5, 0.6) is 0 Å².